The summed E-state index contributed by atoms with van der Waals surface area (Å²) in [6, 6.07) is 7.29. The van der Waals surface area contributed by atoms with E-state index in [-0.39, 0.29) is 5.24 Å². The third-order valence-corrected chi connectivity index (χ3v) is 3.84. The molecule has 0 aliphatic heterocycles. The molecule has 1 aromatic carbocycles. The van der Waals surface area contributed by atoms with Gasteiger partial charge in [-0.1, -0.05) is 35.9 Å². The van der Waals surface area contributed by atoms with Crippen molar-refractivity contribution < 1.29 is 14.3 Å². The summed E-state index contributed by atoms with van der Waals surface area (Å²) >= 11 is 6.96. The quantitative estimate of drug-likeness (QED) is 0.448. The third kappa shape index (κ3) is 7.72. The van der Waals surface area contributed by atoms with Gasteiger partial charge in [-0.25, -0.2) is 4.79 Å². The third-order valence-electron chi connectivity index (χ3n) is 2.55. The Labute approximate surface area is 145 Å². The maximum absolute atomic E-state index is 11.9. The number of hydrogen-bond acceptors (Lipinski definition) is 4. The van der Waals surface area contributed by atoms with Crippen LogP contribution in [-0.4, -0.2) is 37.3 Å². The summed E-state index contributed by atoms with van der Waals surface area (Å²) in [6.07, 6.45) is 8.15. The Morgan fingerprint density at radius 1 is 1.13 bits per heavy atom. The van der Waals surface area contributed by atoms with E-state index in [2.05, 4.69) is 4.74 Å². The van der Waals surface area contributed by atoms with Gasteiger partial charge < -0.3 is 9.64 Å². The van der Waals surface area contributed by atoms with E-state index in [1.807, 2.05) is 18.2 Å². The molecule has 1 amide bonds. The molecule has 23 heavy (non-hydrogen) atoms. The summed E-state index contributed by atoms with van der Waals surface area (Å²) in [5.74, 6) is -0.435. The van der Waals surface area contributed by atoms with Crippen LogP contribution in [0, 0.1) is 0 Å². The fourth-order valence-electron chi connectivity index (χ4n) is 1.38. The number of thioether (sulfide) groups is 1. The Balaban J connectivity index is 2.94. The predicted molar refractivity (Wildman–Crippen MR) is 96.4 cm³/mol. The first-order valence-electron chi connectivity index (χ1n) is 6.71. The molecular weight excluding hydrogens is 334 g/mol. The molecule has 1 aromatic rings. The predicted octanol–water partition coefficient (Wildman–Crippen LogP) is 4.38. The fourth-order valence-corrected chi connectivity index (χ4v) is 2.23. The molecule has 0 bridgehead atoms. The van der Waals surface area contributed by atoms with Crippen LogP contribution in [0.3, 0.4) is 0 Å². The van der Waals surface area contributed by atoms with Crippen LogP contribution in [0.1, 0.15) is 5.56 Å². The molecule has 0 unspecified atom stereocenters. The Kier molecular flexibility index (Phi) is 8.22. The second kappa shape index (κ2) is 9.92. The van der Waals surface area contributed by atoms with Crippen LogP contribution >= 0.6 is 23.4 Å². The molecule has 0 heterocycles. The first-order chi connectivity index (χ1) is 10.9. The van der Waals surface area contributed by atoms with Gasteiger partial charge >= 0.3 is 5.97 Å². The van der Waals surface area contributed by atoms with Crippen LogP contribution in [0.2, 0.25) is 5.02 Å². The highest BCUT2D eigenvalue weighted by atomic mass is 35.5. The Morgan fingerprint density at radius 2 is 1.74 bits per heavy atom. The average molecular weight is 352 g/mol. The number of esters is 1. The van der Waals surface area contributed by atoms with E-state index in [1.54, 1.807) is 44.5 Å². The zero-order valence-corrected chi connectivity index (χ0v) is 14.7. The molecular formula is C17H18ClNO3S. The Bertz CT molecular complexity index is 634. The number of carbonyl (C=O) groups is 2. The van der Waals surface area contributed by atoms with Crippen molar-refractivity contribution in [2.24, 2.45) is 0 Å². The molecule has 0 spiro atoms. The first kappa shape index (κ1) is 19.1. The minimum Gasteiger partial charge on any atom is -0.466 e. The van der Waals surface area contributed by atoms with Crippen molar-refractivity contribution >= 4 is 40.6 Å². The van der Waals surface area contributed by atoms with Crippen molar-refractivity contribution in [3.8, 4) is 0 Å². The van der Waals surface area contributed by atoms with Crippen molar-refractivity contribution in [2.45, 2.75) is 0 Å². The maximum atomic E-state index is 11.9. The van der Waals surface area contributed by atoms with Gasteiger partial charge in [-0.3, -0.25) is 4.79 Å². The van der Waals surface area contributed by atoms with E-state index in [0.717, 1.165) is 22.2 Å². The van der Waals surface area contributed by atoms with Crippen LogP contribution in [0.25, 0.3) is 6.08 Å². The standard InChI is InChI=1S/C17H18ClNO3S/c1-19(2)17(21)23-15(6-4-5-7-16(20)22-3)12-13-8-10-14(18)11-9-13/h4-12H,1-3H3/b6-4+,7-5-,15-12-. The summed E-state index contributed by atoms with van der Waals surface area (Å²) in [6.45, 7) is 0. The van der Waals surface area contributed by atoms with Crippen molar-refractivity contribution in [1.29, 1.82) is 0 Å². The van der Waals surface area contributed by atoms with Crippen molar-refractivity contribution in [3.05, 3.63) is 64.1 Å². The molecule has 0 saturated carbocycles. The highest BCUT2D eigenvalue weighted by molar-refractivity contribution is 8.17. The van der Waals surface area contributed by atoms with Gasteiger partial charge in [0.25, 0.3) is 5.24 Å². The van der Waals surface area contributed by atoms with E-state index in [1.165, 1.54) is 18.1 Å². The van der Waals surface area contributed by atoms with Gasteiger partial charge in [0.1, 0.15) is 0 Å². The largest absolute Gasteiger partial charge is 0.466 e. The highest BCUT2D eigenvalue weighted by Gasteiger charge is 2.07. The summed E-state index contributed by atoms with van der Waals surface area (Å²) in [7, 11) is 4.69. The number of methoxy groups -OCH3 is 1. The summed E-state index contributed by atoms with van der Waals surface area (Å²) in [4.78, 5) is 25.1. The SMILES string of the molecule is COC(=O)\C=C/C=C/C(=C/c1ccc(Cl)cc1)SC(=O)N(C)C. The topological polar surface area (TPSA) is 46.6 Å². The minimum absolute atomic E-state index is 0.0909. The van der Waals surface area contributed by atoms with E-state index in [0.29, 0.717) is 5.02 Å². The molecule has 1 rings (SSSR count). The number of ether oxygens (including phenoxy) is 1. The van der Waals surface area contributed by atoms with Crippen LogP contribution in [-0.2, 0) is 9.53 Å². The fraction of sp³-hybridized carbons (Fsp3) is 0.176. The highest BCUT2D eigenvalue weighted by Crippen LogP contribution is 2.23. The smallest absolute Gasteiger partial charge is 0.330 e. The van der Waals surface area contributed by atoms with Gasteiger partial charge in [0.05, 0.1) is 7.11 Å². The number of benzene rings is 1. The van der Waals surface area contributed by atoms with Crippen molar-refractivity contribution in [3.63, 3.8) is 0 Å². The molecule has 0 aromatic heterocycles. The number of amides is 1. The molecule has 0 atom stereocenters. The molecule has 0 saturated heterocycles. The Morgan fingerprint density at radius 3 is 2.30 bits per heavy atom. The molecule has 4 nitrogen and oxygen atoms in total. The van der Waals surface area contributed by atoms with Crippen LogP contribution in [0.15, 0.2) is 53.5 Å². The van der Waals surface area contributed by atoms with E-state index < -0.39 is 5.97 Å². The number of hydrogen-bond donors (Lipinski definition) is 0. The van der Waals surface area contributed by atoms with Crippen LogP contribution < -0.4 is 0 Å². The lowest BCUT2D eigenvalue weighted by atomic mass is 10.2. The van der Waals surface area contributed by atoms with Crippen LogP contribution in [0.4, 0.5) is 4.79 Å². The number of nitrogens with zero attached hydrogens (tertiary/aromatic N) is 1. The zero-order chi connectivity index (χ0) is 17.2. The molecule has 0 aliphatic rings. The first-order valence-corrected chi connectivity index (χ1v) is 7.91. The molecule has 0 N–H and O–H groups in total. The minimum atomic E-state index is -0.435. The van der Waals surface area contributed by atoms with Gasteiger partial charge in [0.2, 0.25) is 0 Å². The average Bonchev–Trinajstić information content (AvgIpc) is 2.52. The zero-order valence-electron chi connectivity index (χ0n) is 13.2. The number of allylic oxidation sites excluding steroid dienone is 3. The lowest BCUT2D eigenvalue weighted by molar-refractivity contribution is -0.134. The molecule has 6 heteroatoms. The lowest BCUT2D eigenvalue weighted by Crippen LogP contribution is -2.16. The molecule has 0 fully saturated rings. The van der Waals surface area contributed by atoms with Gasteiger partial charge in [-0.15, -0.1) is 0 Å². The van der Waals surface area contributed by atoms with Gasteiger partial charge in [0, 0.05) is 30.1 Å². The van der Waals surface area contributed by atoms with Gasteiger partial charge in [-0.05, 0) is 41.6 Å². The van der Waals surface area contributed by atoms with E-state index in [4.69, 9.17) is 11.6 Å². The second-order valence-corrected chi connectivity index (χ2v) is 6.06. The van der Waals surface area contributed by atoms with Gasteiger partial charge in [0.15, 0.2) is 0 Å². The van der Waals surface area contributed by atoms with Crippen LogP contribution in [0.5, 0.6) is 0 Å². The summed E-state index contributed by atoms with van der Waals surface area (Å²) in [5.41, 5.74) is 0.921. The number of carbonyl (C=O) groups excluding carboxylic acids is 2. The Hall–Kier alpha value is -1.98. The van der Waals surface area contributed by atoms with Crippen molar-refractivity contribution in [2.75, 3.05) is 21.2 Å². The van der Waals surface area contributed by atoms with Gasteiger partial charge in [-0.2, -0.15) is 0 Å². The normalized spacial score (nSPS) is 11.9. The number of halogens is 1. The summed E-state index contributed by atoms with van der Waals surface area (Å²) in [5, 5.41) is 0.559. The second-order valence-electron chi connectivity index (χ2n) is 4.60. The molecule has 0 aliphatic carbocycles. The number of rotatable bonds is 5. The van der Waals surface area contributed by atoms with E-state index >= 15 is 0 Å². The molecule has 122 valence electrons. The maximum Gasteiger partial charge on any atom is 0.330 e. The van der Waals surface area contributed by atoms with Crippen molar-refractivity contribution in [1.82, 2.24) is 4.90 Å². The molecule has 0 radical (unpaired) electrons. The van der Waals surface area contributed by atoms with E-state index in [9.17, 15) is 9.59 Å². The summed E-state index contributed by atoms with van der Waals surface area (Å²) < 4.78 is 4.51. The lowest BCUT2D eigenvalue weighted by Gasteiger charge is -2.09. The monoisotopic (exact) mass is 351 g/mol.